The van der Waals surface area contributed by atoms with Crippen LogP contribution in [0.4, 0.5) is 5.69 Å². The summed E-state index contributed by atoms with van der Waals surface area (Å²) in [6.07, 6.45) is 6.20. The second kappa shape index (κ2) is 10.0. The summed E-state index contributed by atoms with van der Waals surface area (Å²) in [5, 5.41) is 14.0. The minimum Gasteiger partial charge on any atom is -0.480 e. The molecule has 0 spiro atoms. The Bertz CT molecular complexity index is 659. The van der Waals surface area contributed by atoms with Crippen LogP contribution in [0.1, 0.15) is 38.5 Å². The van der Waals surface area contributed by atoms with Gasteiger partial charge in [-0.1, -0.05) is 37.3 Å². The summed E-state index contributed by atoms with van der Waals surface area (Å²) in [6, 6.07) is 4.47. The first kappa shape index (κ1) is 20.0. The molecule has 8 heteroatoms. The van der Waals surface area contributed by atoms with Gasteiger partial charge in [-0.2, -0.15) is 0 Å². The first-order chi connectivity index (χ1) is 12.4. The Hall–Kier alpha value is -2.28. The second-order valence-corrected chi connectivity index (χ2v) is 6.75. The number of aliphatic carboxylic acids is 1. The van der Waals surface area contributed by atoms with Gasteiger partial charge in [-0.05, 0) is 30.5 Å². The fourth-order valence-electron chi connectivity index (χ4n) is 2.94. The van der Waals surface area contributed by atoms with Crippen molar-refractivity contribution in [2.24, 2.45) is 5.92 Å². The SMILES string of the molecule is O=C(O)COc1ccc(NC(=O)CNC(=O)CCC2CCCC2)cc1Cl. The largest absolute Gasteiger partial charge is 0.480 e. The third kappa shape index (κ3) is 6.92. The van der Waals surface area contributed by atoms with E-state index in [9.17, 15) is 14.4 Å². The van der Waals surface area contributed by atoms with E-state index in [-0.39, 0.29) is 29.1 Å². The van der Waals surface area contributed by atoms with Crippen LogP contribution in [0.25, 0.3) is 0 Å². The molecule has 0 saturated heterocycles. The number of carbonyl (C=O) groups excluding carboxylic acids is 2. The lowest BCUT2D eigenvalue weighted by molar-refractivity contribution is -0.139. The average Bonchev–Trinajstić information content (AvgIpc) is 3.11. The van der Waals surface area contributed by atoms with E-state index in [1.165, 1.54) is 37.8 Å². The Balaban J connectivity index is 1.72. The number of hydrogen-bond acceptors (Lipinski definition) is 4. The second-order valence-electron chi connectivity index (χ2n) is 6.34. The molecule has 142 valence electrons. The zero-order chi connectivity index (χ0) is 18.9. The van der Waals surface area contributed by atoms with E-state index in [4.69, 9.17) is 21.4 Å². The number of carboxylic acids is 1. The molecule has 0 aromatic heterocycles. The van der Waals surface area contributed by atoms with E-state index in [0.717, 1.165) is 6.42 Å². The number of benzene rings is 1. The Morgan fingerprint density at radius 3 is 2.58 bits per heavy atom. The van der Waals surface area contributed by atoms with Crippen molar-refractivity contribution in [3.05, 3.63) is 23.2 Å². The van der Waals surface area contributed by atoms with Crippen LogP contribution in [-0.2, 0) is 14.4 Å². The van der Waals surface area contributed by atoms with Gasteiger partial charge in [0.2, 0.25) is 11.8 Å². The van der Waals surface area contributed by atoms with E-state index in [0.29, 0.717) is 18.0 Å². The number of carboxylic acid groups (broad SMARTS) is 1. The number of amides is 2. The molecule has 0 atom stereocenters. The smallest absolute Gasteiger partial charge is 0.341 e. The number of halogens is 1. The van der Waals surface area contributed by atoms with Gasteiger partial charge in [0.05, 0.1) is 11.6 Å². The Morgan fingerprint density at radius 2 is 1.92 bits per heavy atom. The van der Waals surface area contributed by atoms with Crippen molar-refractivity contribution < 1.29 is 24.2 Å². The fraction of sp³-hybridized carbons (Fsp3) is 0.500. The van der Waals surface area contributed by atoms with Crippen LogP contribution in [0.15, 0.2) is 18.2 Å². The molecule has 2 amide bonds. The summed E-state index contributed by atoms with van der Waals surface area (Å²) in [5.74, 6) is -0.745. The lowest BCUT2D eigenvalue weighted by atomic mass is 10.0. The maximum absolute atomic E-state index is 11.9. The summed E-state index contributed by atoms with van der Waals surface area (Å²) < 4.78 is 5.00. The van der Waals surface area contributed by atoms with Gasteiger partial charge in [-0.3, -0.25) is 9.59 Å². The lowest BCUT2D eigenvalue weighted by Crippen LogP contribution is -2.32. The average molecular weight is 383 g/mol. The number of hydrogen-bond donors (Lipinski definition) is 3. The van der Waals surface area contributed by atoms with Gasteiger partial charge in [0.1, 0.15) is 5.75 Å². The third-order valence-corrected chi connectivity index (χ3v) is 4.56. The molecule has 1 aromatic rings. The molecule has 1 fully saturated rings. The normalized spacial score (nSPS) is 14.0. The van der Waals surface area contributed by atoms with Crippen LogP contribution in [0.3, 0.4) is 0 Å². The summed E-state index contributed by atoms with van der Waals surface area (Å²) in [7, 11) is 0. The molecule has 26 heavy (non-hydrogen) atoms. The molecule has 1 saturated carbocycles. The van der Waals surface area contributed by atoms with Crippen molar-refractivity contribution in [1.82, 2.24) is 5.32 Å². The molecule has 7 nitrogen and oxygen atoms in total. The molecule has 0 aliphatic heterocycles. The summed E-state index contributed by atoms with van der Waals surface area (Å²) in [4.78, 5) is 34.2. The fourth-order valence-corrected chi connectivity index (χ4v) is 3.18. The van der Waals surface area contributed by atoms with Crippen molar-refractivity contribution in [3.8, 4) is 5.75 Å². The highest BCUT2D eigenvalue weighted by atomic mass is 35.5. The molecule has 3 N–H and O–H groups in total. The van der Waals surface area contributed by atoms with Crippen LogP contribution in [-0.4, -0.2) is 36.0 Å². The number of carbonyl (C=O) groups is 3. The zero-order valence-electron chi connectivity index (χ0n) is 14.4. The summed E-state index contributed by atoms with van der Waals surface area (Å²) in [6.45, 7) is -0.614. The molecular weight excluding hydrogens is 360 g/mol. The number of rotatable bonds is 9. The molecule has 2 rings (SSSR count). The maximum Gasteiger partial charge on any atom is 0.341 e. The van der Waals surface area contributed by atoms with Gasteiger partial charge in [0.25, 0.3) is 0 Å². The van der Waals surface area contributed by atoms with Crippen LogP contribution in [0.2, 0.25) is 5.02 Å². The summed E-state index contributed by atoms with van der Waals surface area (Å²) in [5.41, 5.74) is 0.433. The number of nitrogens with one attached hydrogen (secondary N) is 2. The Labute approximate surface area is 157 Å². The van der Waals surface area contributed by atoms with Crippen molar-refractivity contribution in [2.75, 3.05) is 18.5 Å². The Morgan fingerprint density at radius 1 is 1.19 bits per heavy atom. The lowest BCUT2D eigenvalue weighted by Gasteiger charge is -2.11. The predicted octanol–water partition coefficient (Wildman–Crippen LogP) is 2.83. The van der Waals surface area contributed by atoms with Gasteiger partial charge in [-0.25, -0.2) is 4.79 Å². The van der Waals surface area contributed by atoms with Gasteiger partial charge in [-0.15, -0.1) is 0 Å². The summed E-state index contributed by atoms with van der Waals surface area (Å²) >= 11 is 5.99. The van der Waals surface area contributed by atoms with Crippen LogP contribution in [0, 0.1) is 5.92 Å². The molecule has 0 bridgehead atoms. The van der Waals surface area contributed by atoms with E-state index in [2.05, 4.69) is 10.6 Å². The molecule has 1 aliphatic rings. The highest BCUT2D eigenvalue weighted by molar-refractivity contribution is 6.32. The van der Waals surface area contributed by atoms with Gasteiger partial charge in [0.15, 0.2) is 6.61 Å². The van der Waals surface area contributed by atoms with Crippen molar-refractivity contribution >= 4 is 35.1 Å². The zero-order valence-corrected chi connectivity index (χ0v) is 15.2. The minimum atomic E-state index is -1.11. The van der Waals surface area contributed by atoms with Crippen LogP contribution >= 0.6 is 11.6 Å². The van der Waals surface area contributed by atoms with E-state index in [1.54, 1.807) is 6.07 Å². The van der Waals surface area contributed by atoms with Crippen molar-refractivity contribution in [3.63, 3.8) is 0 Å². The molecule has 1 aromatic carbocycles. The Kier molecular flexibility index (Phi) is 7.72. The number of ether oxygens (including phenoxy) is 1. The highest BCUT2D eigenvalue weighted by Crippen LogP contribution is 2.28. The molecule has 0 radical (unpaired) electrons. The molecule has 0 unspecified atom stereocenters. The van der Waals surface area contributed by atoms with Gasteiger partial charge < -0.3 is 20.5 Å². The standard InChI is InChI=1S/C18H23ClN2O5/c19-14-9-13(6-7-15(14)26-11-18(24)25)21-17(23)10-20-16(22)8-5-12-3-1-2-4-12/h6-7,9,12H,1-5,8,10-11H2,(H,20,22)(H,21,23)(H,24,25). The van der Waals surface area contributed by atoms with Crippen LogP contribution in [0.5, 0.6) is 5.75 Å². The van der Waals surface area contributed by atoms with Gasteiger partial charge >= 0.3 is 5.97 Å². The topological polar surface area (TPSA) is 105 Å². The van der Waals surface area contributed by atoms with Gasteiger partial charge in [0, 0.05) is 12.1 Å². The van der Waals surface area contributed by atoms with Crippen molar-refractivity contribution in [2.45, 2.75) is 38.5 Å². The monoisotopic (exact) mass is 382 g/mol. The maximum atomic E-state index is 11.9. The predicted molar refractivity (Wildman–Crippen MR) is 97.4 cm³/mol. The minimum absolute atomic E-state index is 0.113. The van der Waals surface area contributed by atoms with E-state index >= 15 is 0 Å². The molecule has 0 heterocycles. The van der Waals surface area contributed by atoms with Crippen LogP contribution < -0.4 is 15.4 Å². The number of anilines is 1. The third-order valence-electron chi connectivity index (χ3n) is 4.27. The highest BCUT2D eigenvalue weighted by Gasteiger charge is 2.16. The molecule has 1 aliphatic carbocycles. The van der Waals surface area contributed by atoms with E-state index in [1.807, 2.05) is 0 Å². The first-order valence-corrected chi connectivity index (χ1v) is 9.02. The van der Waals surface area contributed by atoms with E-state index < -0.39 is 12.6 Å². The van der Waals surface area contributed by atoms with Crippen molar-refractivity contribution in [1.29, 1.82) is 0 Å². The molecular formula is C18H23ClN2O5. The quantitative estimate of drug-likeness (QED) is 0.609. The first-order valence-electron chi connectivity index (χ1n) is 8.64.